The fraction of sp³-hybridized carbons (Fsp3) is 0.188. The second-order valence-corrected chi connectivity index (χ2v) is 4.90. The van der Waals surface area contributed by atoms with E-state index in [0.29, 0.717) is 17.1 Å². The molecule has 0 aliphatic rings. The third kappa shape index (κ3) is 4.72. The van der Waals surface area contributed by atoms with Crippen molar-refractivity contribution >= 4 is 23.1 Å². The van der Waals surface area contributed by atoms with Crippen molar-refractivity contribution in [3.05, 3.63) is 48.5 Å². The molecule has 0 spiro atoms. The maximum Gasteiger partial charge on any atom is 0.323 e. The molecule has 0 aliphatic heterocycles. The SMILES string of the molecule is CC(C)Oc1ccc(NC(=O)Nc2cccc(N)c2)cc1. The molecule has 0 unspecified atom stereocenters. The summed E-state index contributed by atoms with van der Waals surface area (Å²) in [5.74, 6) is 0.770. The fourth-order valence-electron chi connectivity index (χ4n) is 1.80. The van der Waals surface area contributed by atoms with Gasteiger partial charge in [-0.3, -0.25) is 0 Å². The number of ether oxygens (including phenoxy) is 1. The van der Waals surface area contributed by atoms with Gasteiger partial charge in [0.1, 0.15) is 5.75 Å². The highest BCUT2D eigenvalue weighted by Gasteiger charge is 2.03. The molecular weight excluding hydrogens is 266 g/mol. The summed E-state index contributed by atoms with van der Waals surface area (Å²) in [5, 5.41) is 5.46. The normalized spacial score (nSPS) is 10.2. The molecule has 5 nitrogen and oxygen atoms in total. The molecular formula is C16H19N3O2. The quantitative estimate of drug-likeness (QED) is 0.750. The van der Waals surface area contributed by atoms with Crippen LogP contribution in [0.4, 0.5) is 21.9 Å². The number of nitrogens with one attached hydrogen (secondary N) is 2. The molecule has 0 aromatic heterocycles. The van der Waals surface area contributed by atoms with Crippen LogP contribution in [0.25, 0.3) is 0 Å². The molecule has 2 rings (SSSR count). The molecule has 0 heterocycles. The lowest BCUT2D eigenvalue weighted by atomic mass is 10.3. The summed E-state index contributed by atoms with van der Waals surface area (Å²) < 4.78 is 5.54. The standard InChI is InChI=1S/C16H19N3O2/c1-11(2)21-15-8-6-13(7-9-15)18-16(20)19-14-5-3-4-12(17)10-14/h3-11H,17H2,1-2H3,(H2,18,19,20). The number of rotatable bonds is 4. The Morgan fingerprint density at radius 1 is 1.05 bits per heavy atom. The van der Waals surface area contributed by atoms with Crippen molar-refractivity contribution < 1.29 is 9.53 Å². The summed E-state index contributed by atoms with van der Waals surface area (Å²) in [4.78, 5) is 11.9. The van der Waals surface area contributed by atoms with E-state index in [1.807, 2.05) is 26.0 Å². The monoisotopic (exact) mass is 285 g/mol. The summed E-state index contributed by atoms with van der Waals surface area (Å²) in [6.07, 6.45) is 0.121. The molecule has 2 amide bonds. The number of carbonyl (C=O) groups excluding carboxylic acids is 1. The highest BCUT2D eigenvalue weighted by Crippen LogP contribution is 2.17. The average molecular weight is 285 g/mol. The van der Waals surface area contributed by atoms with Crippen molar-refractivity contribution in [1.82, 2.24) is 0 Å². The number of hydrogen-bond donors (Lipinski definition) is 3. The van der Waals surface area contributed by atoms with Crippen LogP contribution in [0.5, 0.6) is 5.75 Å². The Bertz CT molecular complexity index is 609. The van der Waals surface area contributed by atoms with Crippen LogP contribution in [0.1, 0.15) is 13.8 Å². The van der Waals surface area contributed by atoms with Gasteiger partial charge in [0, 0.05) is 17.1 Å². The van der Waals surface area contributed by atoms with Crippen LogP contribution in [0.2, 0.25) is 0 Å². The Labute approximate surface area is 124 Å². The van der Waals surface area contributed by atoms with Gasteiger partial charge in [0.15, 0.2) is 0 Å². The minimum Gasteiger partial charge on any atom is -0.491 e. The summed E-state index contributed by atoms with van der Waals surface area (Å²) in [7, 11) is 0. The van der Waals surface area contributed by atoms with Crippen LogP contribution in [-0.4, -0.2) is 12.1 Å². The zero-order valence-electron chi connectivity index (χ0n) is 12.1. The van der Waals surface area contributed by atoms with Gasteiger partial charge in [-0.05, 0) is 56.3 Å². The van der Waals surface area contributed by atoms with Gasteiger partial charge in [0.2, 0.25) is 0 Å². The highest BCUT2D eigenvalue weighted by atomic mass is 16.5. The van der Waals surface area contributed by atoms with Crippen molar-refractivity contribution in [3.8, 4) is 5.75 Å². The van der Waals surface area contributed by atoms with Gasteiger partial charge in [-0.1, -0.05) is 6.07 Å². The van der Waals surface area contributed by atoms with Gasteiger partial charge in [-0.15, -0.1) is 0 Å². The minimum absolute atomic E-state index is 0.121. The second kappa shape index (κ2) is 6.65. The minimum atomic E-state index is -0.321. The number of nitrogen functional groups attached to an aromatic ring is 1. The third-order valence-electron chi connectivity index (χ3n) is 2.63. The van der Waals surface area contributed by atoms with Crippen molar-refractivity contribution in [2.45, 2.75) is 20.0 Å². The van der Waals surface area contributed by atoms with E-state index in [1.54, 1.807) is 36.4 Å². The van der Waals surface area contributed by atoms with Crippen LogP contribution in [0.15, 0.2) is 48.5 Å². The molecule has 5 heteroatoms. The zero-order valence-corrected chi connectivity index (χ0v) is 12.1. The van der Waals surface area contributed by atoms with E-state index >= 15 is 0 Å². The summed E-state index contributed by atoms with van der Waals surface area (Å²) in [6, 6.07) is 13.9. The maximum absolute atomic E-state index is 11.9. The number of anilines is 3. The fourth-order valence-corrected chi connectivity index (χ4v) is 1.80. The molecule has 0 atom stereocenters. The molecule has 0 saturated carbocycles. The van der Waals surface area contributed by atoms with Crippen LogP contribution >= 0.6 is 0 Å². The summed E-state index contributed by atoms with van der Waals surface area (Å²) in [6.45, 7) is 3.93. The Morgan fingerprint density at radius 2 is 1.71 bits per heavy atom. The topological polar surface area (TPSA) is 76.4 Å². The molecule has 2 aromatic rings. The van der Waals surface area contributed by atoms with E-state index in [0.717, 1.165) is 5.75 Å². The number of hydrogen-bond acceptors (Lipinski definition) is 3. The van der Waals surface area contributed by atoms with Crippen molar-refractivity contribution in [2.24, 2.45) is 0 Å². The predicted molar refractivity (Wildman–Crippen MR) is 85.7 cm³/mol. The van der Waals surface area contributed by atoms with Gasteiger partial charge < -0.3 is 21.1 Å². The molecule has 110 valence electrons. The molecule has 0 radical (unpaired) electrons. The lowest BCUT2D eigenvalue weighted by Crippen LogP contribution is -2.19. The van der Waals surface area contributed by atoms with Crippen molar-refractivity contribution in [3.63, 3.8) is 0 Å². The van der Waals surface area contributed by atoms with Gasteiger partial charge in [0.05, 0.1) is 6.10 Å². The van der Waals surface area contributed by atoms with Crippen LogP contribution in [0, 0.1) is 0 Å². The summed E-state index contributed by atoms with van der Waals surface area (Å²) >= 11 is 0. The maximum atomic E-state index is 11.9. The molecule has 0 saturated heterocycles. The Balaban J connectivity index is 1.93. The Morgan fingerprint density at radius 3 is 2.33 bits per heavy atom. The largest absolute Gasteiger partial charge is 0.491 e. The summed E-state index contributed by atoms with van der Waals surface area (Å²) in [5.41, 5.74) is 7.59. The predicted octanol–water partition coefficient (Wildman–Crippen LogP) is 3.70. The third-order valence-corrected chi connectivity index (χ3v) is 2.63. The first kappa shape index (κ1) is 14.7. The molecule has 0 fully saturated rings. The first-order chi connectivity index (χ1) is 10.0. The highest BCUT2D eigenvalue weighted by molar-refractivity contribution is 5.99. The number of nitrogens with two attached hydrogens (primary N) is 1. The van der Waals surface area contributed by atoms with E-state index in [9.17, 15) is 4.79 Å². The number of carbonyl (C=O) groups is 1. The van der Waals surface area contributed by atoms with E-state index in [-0.39, 0.29) is 12.1 Å². The first-order valence-corrected chi connectivity index (χ1v) is 6.73. The molecule has 4 N–H and O–H groups in total. The Kier molecular flexibility index (Phi) is 4.66. The molecule has 0 bridgehead atoms. The van der Waals surface area contributed by atoms with Gasteiger partial charge >= 0.3 is 6.03 Å². The van der Waals surface area contributed by atoms with E-state index in [2.05, 4.69) is 10.6 Å². The second-order valence-electron chi connectivity index (χ2n) is 4.90. The lowest BCUT2D eigenvalue weighted by Gasteiger charge is -2.11. The smallest absolute Gasteiger partial charge is 0.323 e. The number of amides is 2. The van der Waals surface area contributed by atoms with E-state index in [1.165, 1.54) is 0 Å². The van der Waals surface area contributed by atoms with Crippen LogP contribution in [0.3, 0.4) is 0 Å². The molecule has 21 heavy (non-hydrogen) atoms. The zero-order chi connectivity index (χ0) is 15.2. The van der Waals surface area contributed by atoms with E-state index in [4.69, 9.17) is 10.5 Å². The van der Waals surface area contributed by atoms with Crippen LogP contribution < -0.4 is 21.1 Å². The van der Waals surface area contributed by atoms with E-state index < -0.39 is 0 Å². The van der Waals surface area contributed by atoms with Gasteiger partial charge in [0.25, 0.3) is 0 Å². The van der Waals surface area contributed by atoms with Gasteiger partial charge in [-0.25, -0.2) is 4.79 Å². The van der Waals surface area contributed by atoms with Gasteiger partial charge in [-0.2, -0.15) is 0 Å². The lowest BCUT2D eigenvalue weighted by molar-refractivity contribution is 0.242. The number of urea groups is 1. The first-order valence-electron chi connectivity index (χ1n) is 6.73. The van der Waals surface area contributed by atoms with Crippen LogP contribution in [-0.2, 0) is 0 Å². The van der Waals surface area contributed by atoms with Crippen molar-refractivity contribution in [1.29, 1.82) is 0 Å². The Hall–Kier alpha value is -2.69. The average Bonchev–Trinajstić information content (AvgIpc) is 2.40. The molecule has 0 aliphatic carbocycles. The number of benzene rings is 2. The van der Waals surface area contributed by atoms with Crippen molar-refractivity contribution in [2.75, 3.05) is 16.4 Å². The molecule has 2 aromatic carbocycles.